The molecule has 51 heavy (non-hydrogen) atoms. The van der Waals surface area contributed by atoms with Crippen LogP contribution in [0.5, 0.6) is 0 Å². The first-order valence-corrected chi connectivity index (χ1v) is 20.2. The molecule has 0 fully saturated rings. The minimum absolute atomic E-state index is 0.0435. The van der Waals surface area contributed by atoms with E-state index in [0.29, 0.717) is 19.3 Å². The Balaban J connectivity index is 4.23. The molecule has 8 heteroatoms. The lowest BCUT2D eigenvalue weighted by molar-refractivity contribution is -0.887. The van der Waals surface area contributed by atoms with Crippen molar-refractivity contribution in [2.24, 2.45) is 0 Å². The number of carboxylic acids is 1. The predicted molar refractivity (Wildman–Crippen MR) is 211 cm³/mol. The van der Waals surface area contributed by atoms with Gasteiger partial charge in [0, 0.05) is 19.3 Å². The van der Waals surface area contributed by atoms with Crippen molar-refractivity contribution in [2.75, 3.05) is 41.0 Å². The molecule has 0 aliphatic rings. The van der Waals surface area contributed by atoms with Crippen LogP contribution in [0, 0.1) is 0 Å². The van der Waals surface area contributed by atoms with Crippen LogP contribution in [0.25, 0.3) is 0 Å². The number of quaternary nitrogens is 1. The highest BCUT2D eigenvalue weighted by atomic mass is 16.6. The van der Waals surface area contributed by atoms with Gasteiger partial charge in [0.1, 0.15) is 6.61 Å². The first kappa shape index (κ1) is 48.3. The number of aliphatic carboxylic acids is 1. The van der Waals surface area contributed by atoms with Gasteiger partial charge in [0.2, 0.25) is 0 Å². The van der Waals surface area contributed by atoms with Gasteiger partial charge in [0.25, 0.3) is 0 Å². The molecule has 0 rings (SSSR count). The Morgan fingerprint density at radius 1 is 0.608 bits per heavy atom. The highest BCUT2D eigenvalue weighted by Crippen LogP contribution is 2.13. The molecule has 1 N–H and O–H groups in total. The van der Waals surface area contributed by atoms with Gasteiger partial charge in [-0.15, -0.1) is 0 Å². The molecule has 0 aliphatic carbocycles. The topological polar surface area (TPSA) is 99.1 Å². The molecule has 2 atom stereocenters. The molecule has 0 aliphatic heterocycles. The van der Waals surface area contributed by atoms with Gasteiger partial charge in [0.15, 0.2) is 12.1 Å². The monoisotopic (exact) mass is 719 g/mol. The van der Waals surface area contributed by atoms with Crippen LogP contribution >= 0.6 is 0 Å². The quantitative estimate of drug-likeness (QED) is 0.0301. The van der Waals surface area contributed by atoms with E-state index in [9.17, 15) is 19.5 Å². The van der Waals surface area contributed by atoms with Gasteiger partial charge < -0.3 is 23.8 Å². The van der Waals surface area contributed by atoms with E-state index >= 15 is 0 Å². The Morgan fingerprint density at radius 2 is 1.14 bits per heavy atom. The number of allylic oxidation sites excluding steroid dienone is 8. The van der Waals surface area contributed by atoms with E-state index < -0.39 is 18.1 Å². The third-order valence-electron chi connectivity index (χ3n) is 8.73. The third kappa shape index (κ3) is 32.9. The number of esters is 2. The van der Waals surface area contributed by atoms with Gasteiger partial charge in [-0.2, -0.15) is 0 Å². The van der Waals surface area contributed by atoms with E-state index in [1.807, 2.05) is 27.2 Å². The second-order valence-corrected chi connectivity index (χ2v) is 14.5. The highest BCUT2D eigenvalue weighted by Gasteiger charge is 2.31. The summed E-state index contributed by atoms with van der Waals surface area (Å²) in [4.78, 5) is 36.7. The lowest BCUT2D eigenvalue weighted by Gasteiger charge is -2.31. The summed E-state index contributed by atoms with van der Waals surface area (Å²) in [5, 5.41) is 9.57. The number of ether oxygens (including phenoxy) is 3. The molecule has 0 amide bonds. The number of rotatable bonds is 35. The Morgan fingerprint density at radius 3 is 1.73 bits per heavy atom. The molecule has 2 unspecified atom stereocenters. The van der Waals surface area contributed by atoms with Crippen molar-refractivity contribution in [1.29, 1.82) is 0 Å². The van der Waals surface area contributed by atoms with Gasteiger partial charge >= 0.3 is 17.9 Å². The van der Waals surface area contributed by atoms with E-state index in [2.05, 4.69) is 56.4 Å². The number of carbonyl (C=O) groups excluding carboxylic acids is 2. The van der Waals surface area contributed by atoms with Gasteiger partial charge in [0.05, 0.1) is 34.4 Å². The van der Waals surface area contributed by atoms with E-state index in [0.717, 1.165) is 51.4 Å². The summed E-state index contributed by atoms with van der Waals surface area (Å²) in [5.41, 5.74) is 0. The molecule has 0 aromatic heterocycles. The Labute approximate surface area is 312 Å². The lowest BCUT2D eigenvalue weighted by Crippen LogP contribution is -2.50. The summed E-state index contributed by atoms with van der Waals surface area (Å²) in [6.07, 6.45) is 39.0. The molecule has 0 radical (unpaired) electrons. The standard InChI is InChI=1S/C43H75NO7/c1-6-8-10-12-14-15-16-17-18-19-20-21-22-23-24-25-26-28-29-31-33-41(45)50-38-39(37-49-36-35-40(43(47)48)44(3,4)5)51-42(46)34-32-30-27-13-11-9-7-2/h8,10,14-15,17-18,27,30,39-40H,6-7,9,11-13,16,19-26,28-29,31-38H2,1-5H3/p+1/b10-8+,15-14+,18-17+,30-27+. The fourth-order valence-electron chi connectivity index (χ4n) is 5.59. The van der Waals surface area contributed by atoms with E-state index in [1.54, 1.807) is 0 Å². The van der Waals surface area contributed by atoms with Crippen molar-refractivity contribution in [2.45, 2.75) is 167 Å². The van der Waals surface area contributed by atoms with Crippen LogP contribution in [0.15, 0.2) is 48.6 Å². The van der Waals surface area contributed by atoms with Crippen LogP contribution in [-0.4, -0.2) is 80.6 Å². The zero-order valence-electron chi connectivity index (χ0n) is 33.3. The summed E-state index contributed by atoms with van der Waals surface area (Å²) >= 11 is 0. The third-order valence-corrected chi connectivity index (χ3v) is 8.73. The molecule has 8 nitrogen and oxygen atoms in total. The normalized spacial score (nSPS) is 13.5. The number of unbranched alkanes of at least 4 members (excludes halogenated alkanes) is 13. The van der Waals surface area contributed by atoms with Crippen LogP contribution in [-0.2, 0) is 28.6 Å². The second kappa shape index (κ2) is 34.4. The molecular formula is C43H76NO7+. The summed E-state index contributed by atoms with van der Waals surface area (Å²) in [6, 6.07) is -0.619. The van der Waals surface area contributed by atoms with Gasteiger partial charge in [-0.1, -0.05) is 127 Å². The van der Waals surface area contributed by atoms with Crippen molar-refractivity contribution >= 4 is 17.9 Å². The molecule has 0 spiro atoms. The number of hydrogen-bond donors (Lipinski definition) is 1. The molecular weight excluding hydrogens is 642 g/mol. The molecule has 294 valence electrons. The van der Waals surface area contributed by atoms with E-state index in [1.165, 1.54) is 64.2 Å². The second-order valence-electron chi connectivity index (χ2n) is 14.5. The molecule has 0 saturated heterocycles. The van der Waals surface area contributed by atoms with Gasteiger partial charge in [-0.25, -0.2) is 4.79 Å². The zero-order chi connectivity index (χ0) is 37.8. The predicted octanol–water partition coefficient (Wildman–Crippen LogP) is 10.5. The van der Waals surface area contributed by atoms with Crippen molar-refractivity contribution in [3.8, 4) is 0 Å². The number of carboxylic acid groups (broad SMARTS) is 1. The fourth-order valence-corrected chi connectivity index (χ4v) is 5.59. The number of nitrogens with zero attached hydrogens (tertiary/aromatic N) is 1. The van der Waals surface area contributed by atoms with Crippen molar-refractivity contribution in [1.82, 2.24) is 0 Å². The van der Waals surface area contributed by atoms with Crippen molar-refractivity contribution in [3.05, 3.63) is 48.6 Å². The molecule has 0 aromatic rings. The largest absolute Gasteiger partial charge is 0.477 e. The van der Waals surface area contributed by atoms with Gasteiger partial charge in [-0.05, 0) is 57.8 Å². The molecule has 0 bridgehead atoms. The van der Waals surface area contributed by atoms with Crippen molar-refractivity contribution < 1.29 is 38.2 Å². The summed E-state index contributed by atoms with van der Waals surface area (Å²) in [7, 11) is 5.50. The maximum absolute atomic E-state index is 12.5. The number of likely N-dealkylation sites (N-methyl/N-ethyl adjacent to an activating group) is 1. The molecule has 0 aromatic carbocycles. The van der Waals surface area contributed by atoms with Crippen molar-refractivity contribution in [3.63, 3.8) is 0 Å². The van der Waals surface area contributed by atoms with Gasteiger partial charge in [-0.3, -0.25) is 9.59 Å². The first-order chi connectivity index (χ1) is 24.6. The van der Waals surface area contributed by atoms with E-state index in [-0.39, 0.29) is 42.7 Å². The molecule has 0 heterocycles. The average molecular weight is 719 g/mol. The fraction of sp³-hybridized carbons (Fsp3) is 0.744. The SMILES string of the molecule is CC/C=C/C/C=C/C/C=C/CCCCCCCCCCCCC(=O)OCC(COCCC(C(=O)O)[N+](C)(C)C)OC(=O)CC/C=C/CCCCC. The first-order valence-electron chi connectivity index (χ1n) is 20.2. The van der Waals surface area contributed by atoms with E-state index in [4.69, 9.17) is 14.2 Å². The number of carbonyl (C=O) groups is 3. The minimum Gasteiger partial charge on any atom is -0.477 e. The van der Waals surface area contributed by atoms with Crippen LogP contribution in [0.2, 0.25) is 0 Å². The van der Waals surface area contributed by atoms with Crippen LogP contribution in [0.4, 0.5) is 0 Å². The van der Waals surface area contributed by atoms with Crippen LogP contribution in [0.1, 0.15) is 155 Å². The number of hydrogen-bond acceptors (Lipinski definition) is 6. The highest BCUT2D eigenvalue weighted by molar-refractivity contribution is 5.72. The van der Waals surface area contributed by atoms with Crippen LogP contribution in [0.3, 0.4) is 0 Å². The zero-order valence-corrected chi connectivity index (χ0v) is 33.3. The summed E-state index contributed by atoms with van der Waals surface area (Å²) in [5.74, 6) is -1.55. The smallest absolute Gasteiger partial charge is 0.362 e. The lowest BCUT2D eigenvalue weighted by atomic mass is 10.1. The Kier molecular flexibility index (Phi) is 32.6. The molecule has 0 saturated carbocycles. The minimum atomic E-state index is -0.883. The van der Waals surface area contributed by atoms with Crippen LogP contribution < -0.4 is 0 Å². The Bertz CT molecular complexity index is 979. The summed E-state index contributed by atoms with van der Waals surface area (Å²) < 4.78 is 17.1. The maximum atomic E-state index is 12.5. The maximum Gasteiger partial charge on any atom is 0.362 e. The summed E-state index contributed by atoms with van der Waals surface area (Å²) in [6.45, 7) is 4.50. The average Bonchev–Trinajstić information content (AvgIpc) is 3.08. The Hall–Kier alpha value is -2.71.